The van der Waals surface area contributed by atoms with Crippen molar-refractivity contribution in [2.24, 2.45) is 0 Å². The van der Waals surface area contributed by atoms with Gasteiger partial charge in [0.1, 0.15) is 0 Å². The Labute approximate surface area is 112 Å². The van der Waals surface area contributed by atoms with E-state index in [-0.39, 0.29) is 5.91 Å². The summed E-state index contributed by atoms with van der Waals surface area (Å²) in [6.45, 7) is 0. The van der Waals surface area contributed by atoms with Gasteiger partial charge in [-0.25, -0.2) is 0 Å². The number of hydrogen-bond donors (Lipinski definition) is 3. The lowest BCUT2D eigenvalue weighted by molar-refractivity contribution is -0.122. The monoisotopic (exact) mass is 263 g/mol. The van der Waals surface area contributed by atoms with Crippen LogP contribution in [-0.2, 0) is 11.2 Å². The van der Waals surface area contributed by atoms with E-state index in [4.69, 9.17) is 0 Å². The highest BCUT2D eigenvalue weighted by Gasteiger charge is 2.33. The summed E-state index contributed by atoms with van der Waals surface area (Å²) in [7, 11) is 0. The van der Waals surface area contributed by atoms with Crippen LogP contribution in [0.5, 0.6) is 0 Å². The van der Waals surface area contributed by atoms with Gasteiger partial charge in [0, 0.05) is 30.7 Å². The molecule has 0 saturated carbocycles. The van der Waals surface area contributed by atoms with E-state index < -0.39 is 0 Å². The van der Waals surface area contributed by atoms with Crippen molar-refractivity contribution in [2.75, 3.05) is 0 Å². The van der Waals surface area contributed by atoms with Crippen LogP contribution in [0.1, 0.15) is 44.2 Å². The Bertz CT molecular complexity index is 407. The van der Waals surface area contributed by atoms with Gasteiger partial charge >= 0.3 is 0 Å². The molecule has 19 heavy (non-hydrogen) atoms. The number of nitrogens with zero attached hydrogens (tertiary/aromatic N) is 2. The van der Waals surface area contributed by atoms with Gasteiger partial charge in [0.15, 0.2) is 0 Å². The molecule has 6 heteroatoms. The van der Waals surface area contributed by atoms with Crippen LogP contribution in [0.4, 0.5) is 0 Å². The first kappa shape index (κ1) is 12.6. The minimum atomic E-state index is 0.176. The van der Waals surface area contributed by atoms with Crippen LogP contribution in [0, 0.1) is 0 Å². The summed E-state index contributed by atoms with van der Waals surface area (Å²) in [5.41, 5.74) is 0.924. The Morgan fingerprint density at radius 1 is 1.37 bits per heavy atom. The highest BCUT2D eigenvalue weighted by atomic mass is 16.1. The van der Waals surface area contributed by atoms with Crippen molar-refractivity contribution in [3.63, 3.8) is 0 Å². The van der Waals surface area contributed by atoms with Crippen LogP contribution in [0.25, 0.3) is 0 Å². The predicted molar refractivity (Wildman–Crippen MR) is 70.4 cm³/mol. The van der Waals surface area contributed by atoms with E-state index >= 15 is 0 Å². The van der Waals surface area contributed by atoms with Gasteiger partial charge < -0.3 is 10.6 Å². The number of carbonyl (C=O) groups is 1. The minimum Gasteiger partial charge on any atom is -0.353 e. The van der Waals surface area contributed by atoms with E-state index in [1.807, 2.05) is 0 Å². The zero-order valence-electron chi connectivity index (χ0n) is 11.1. The number of amides is 1. The van der Waals surface area contributed by atoms with Crippen molar-refractivity contribution in [1.82, 2.24) is 26.0 Å². The third-order valence-corrected chi connectivity index (χ3v) is 4.14. The van der Waals surface area contributed by atoms with Crippen molar-refractivity contribution in [3.8, 4) is 0 Å². The molecular formula is C13H21N5O. The van der Waals surface area contributed by atoms with E-state index in [1.165, 1.54) is 12.8 Å². The maximum atomic E-state index is 11.9. The van der Waals surface area contributed by atoms with Crippen molar-refractivity contribution < 1.29 is 4.79 Å². The second kappa shape index (κ2) is 5.69. The van der Waals surface area contributed by atoms with Crippen LogP contribution in [0.3, 0.4) is 0 Å². The molecule has 104 valence electrons. The number of aromatic nitrogens is 3. The van der Waals surface area contributed by atoms with Crippen LogP contribution in [0.15, 0.2) is 6.20 Å². The molecule has 0 radical (unpaired) electrons. The van der Waals surface area contributed by atoms with Crippen LogP contribution in [-0.4, -0.2) is 39.4 Å². The number of rotatable bonds is 5. The number of H-pyrrole nitrogens is 1. The van der Waals surface area contributed by atoms with Gasteiger partial charge in [-0.3, -0.25) is 9.89 Å². The van der Waals surface area contributed by atoms with Crippen molar-refractivity contribution in [2.45, 2.75) is 63.1 Å². The zero-order chi connectivity index (χ0) is 13.1. The molecule has 1 aromatic heterocycles. The van der Waals surface area contributed by atoms with E-state index in [1.54, 1.807) is 6.20 Å². The zero-order valence-corrected chi connectivity index (χ0v) is 11.1. The first-order valence-corrected chi connectivity index (χ1v) is 7.20. The normalized spacial score (nSPS) is 29.4. The van der Waals surface area contributed by atoms with E-state index in [0.29, 0.717) is 24.5 Å². The number of hydrogen-bond acceptors (Lipinski definition) is 4. The Morgan fingerprint density at radius 2 is 2.16 bits per heavy atom. The predicted octanol–water partition coefficient (Wildman–Crippen LogP) is 0.527. The van der Waals surface area contributed by atoms with Gasteiger partial charge in [0.05, 0.1) is 5.69 Å². The number of aryl methyl sites for hydroxylation is 1. The molecule has 1 amide bonds. The van der Waals surface area contributed by atoms with E-state index in [0.717, 1.165) is 31.4 Å². The van der Waals surface area contributed by atoms with Gasteiger partial charge in [0.25, 0.3) is 0 Å². The van der Waals surface area contributed by atoms with Crippen molar-refractivity contribution in [1.29, 1.82) is 0 Å². The fourth-order valence-electron chi connectivity index (χ4n) is 3.25. The molecule has 0 spiro atoms. The summed E-state index contributed by atoms with van der Waals surface area (Å²) >= 11 is 0. The lowest BCUT2D eigenvalue weighted by Gasteiger charge is -2.29. The third-order valence-electron chi connectivity index (χ3n) is 4.14. The maximum absolute atomic E-state index is 11.9. The van der Waals surface area contributed by atoms with E-state index in [2.05, 4.69) is 26.0 Å². The fourth-order valence-corrected chi connectivity index (χ4v) is 3.25. The molecule has 2 saturated heterocycles. The van der Waals surface area contributed by atoms with Crippen LogP contribution >= 0.6 is 0 Å². The average Bonchev–Trinajstić information content (AvgIpc) is 2.99. The Morgan fingerprint density at radius 3 is 2.84 bits per heavy atom. The maximum Gasteiger partial charge on any atom is 0.220 e. The molecule has 2 bridgehead atoms. The third kappa shape index (κ3) is 3.32. The summed E-state index contributed by atoms with van der Waals surface area (Å²) in [6.07, 6.45) is 8.70. The summed E-state index contributed by atoms with van der Waals surface area (Å²) in [6, 6.07) is 1.62. The summed E-state index contributed by atoms with van der Waals surface area (Å²) in [5.74, 6) is 0.176. The second-order valence-electron chi connectivity index (χ2n) is 5.69. The number of aromatic amines is 1. The van der Waals surface area contributed by atoms with Crippen molar-refractivity contribution in [3.05, 3.63) is 11.9 Å². The minimum absolute atomic E-state index is 0.176. The number of nitrogens with one attached hydrogen (secondary N) is 3. The molecule has 1 aromatic rings. The van der Waals surface area contributed by atoms with Gasteiger partial charge in [-0.15, -0.1) is 5.10 Å². The molecule has 3 rings (SSSR count). The summed E-state index contributed by atoms with van der Waals surface area (Å²) < 4.78 is 0. The standard InChI is InChI=1S/C13H21N5O/c19-13(3-1-2-11-8-14-18-17-11)16-12-6-9-4-5-10(7-12)15-9/h8-10,12,15H,1-7H2,(H,16,19)(H,14,17,18). The van der Waals surface area contributed by atoms with Gasteiger partial charge in [0.2, 0.25) is 5.91 Å². The van der Waals surface area contributed by atoms with E-state index in [9.17, 15) is 4.79 Å². The number of fused-ring (bicyclic) bond motifs is 2. The van der Waals surface area contributed by atoms with Crippen LogP contribution in [0.2, 0.25) is 0 Å². The summed E-state index contributed by atoms with van der Waals surface area (Å²) in [4.78, 5) is 11.9. The Hall–Kier alpha value is -1.43. The average molecular weight is 263 g/mol. The first-order valence-electron chi connectivity index (χ1n) is 7.20. The molecule has 2 aliphatic rings. The topological polar surface area (TPSA) is 82.7 Å². The molecule has 0 aromatic carbocycles. The molecule has 2 aliphatic heterocycles. The lowest BCUT2D eigenvalue weighted by Crippen LogP contribution is -2.48. The Kier molecular flexibility index (Phi) is 3.77. The number of carbonyl (C=O) groups excluding carboxylic acids is 1. The van der Waals surface area contributed by atoms with Gasteiger partial charge in [-0.1, -0.05) is 5.21 Å². The molecule has 2 atom stereocenters. The number of piperidine rings is 1. The van der Waals surface area contributed by atoms with Gasteiger partial charge in [-0.05, 0) is 38.5 Å². The smallest absolute Gasteiger partial charge is 0.220 e. The largest absolute Gasteiger partial charge is 0.353 e. The molecule has 6 nitrogen and oxygen atoms in total. The second-order valence-corrected chi connectivity index (χ2v) is 5.69. The lowest BCUT2D eigenvalue weighted by atomic mass is 9.99. The first-order chi connectivity index (χ1) is 9.29. The molecule has 3 N–H and O–H groups in total. The quantitative estimate of drug-likeness (QED) is 0.723. The van der Waals surface area contributed by atoms with Gasteiger partial charge in [-0.2, -0.15) is 0 Å². The molecule has 2 unspecified atom stereocenters. The highest BCUT2D eigenvalue weighted by molar-refractivity contribution is 5.76. The molecule has 0 aliphatic carbocycles. The molecular weight excluding hydrogens is 242 g/mol. The molecule has 3 heterocycles. The fraction of sp³-hybridized carbons (Fsp3) is 0.769. The highest BCUT2D eigenvalue weighted by Crippen LogP contribution is 2.26. The van der Waals surface area contributed by atoms with Crippen molar-refractivity contribution >= 4 is 5.91 Å². The van der Waals surface area contributed by atoms with Crippen LogP contribution < -0.4 is 10.6 Å². The Balaban J connectivity index is 1.37. The SMILES string of the molecule is O=C(CCCc1c[nH]nn1)NC1CC2CCC(C1)N2. The summed E-state index contributed by atoms with van der Waals surface area (Å²) in [5, 5.41) is 17.0. The molecule has 2 fully saturated rings.